The van der Waals surface area contributed by atoms with Gasteiger partial charge in [-0.1, -0.05) is 6.42 Å². The van der Waals surface area contributed by atoms with E-state index in [0.717, 1.165) is 18.7 Å². The van der Waals surface area contributed by atoms with Crippen molar-refractivity contribution >= 4 is 11.7 Å². The van der Waals surface area contributed by atoms with E-state index in [2.05, 4.69) is 20.6 Å². The number of nitrogens with two attached hydrogens (primary N) is 1. The predicted octanol–water partition coefficient (Wildman–Crippen LogP) is 1.03. The second-order valence-electron chi connectivity index (χ2n) is 5.99. The minimum Gasteiger partial charge on any atom is -0.348 e. The summed E-state index contributed by atoms with van der Waals surface area (Å²) in [4.78, 5) is 19.2. The minimum absolute atomic E-state index is 0.0329. The highest BCUT2D eigenvalue weighted by Gasteiger charge is 2.36. The smallest absolute Gasteiger partial charge is 0.251 e. The zero-order valence-electron chi connectivity index (χ0n) is 12.4. The first kappa shape index (κ1) is 14.3. The standard InChI is InChI=1S/C15H23N5O/c1-10-8-11(9-14(17-10)19-16)15(21)18-12-5-7-20-6-3-2-4-13(12)20/h8-9,12-13H,2-7,16H2,1H3,(H,17,19)(H,18,21). The number of carbonyl (C=O) groups excluding carboxylic acids is 1. The SMILES string of the molecule is Cc1cc(C(=O)NC2CCN3CCCCC23)cc(NN)n1. The Kier molecular flexibility index (Phi) is 4.07. The molecule has 21 heavy (non-hydrogen) atoms. The molecule has 0 spiro atoms. The number of anilines is 1. The zero-order chi connectivity index (χ0) is 14.8. The predicted molar refractivity (Wildman–Crippen MR) is 81.9 cm³/mol. The second-order valence-corrected chi connectivity index (χ2v) is 5.99. The van der Waals surface area contributed by atoms with Crippen molar-refractivity contribution in [3.05, 3.63) is 23.4 Å². The Hall–Kier alpha value is -1.66. The Bertz CT molecular complexity index is 533. The Morgan fingerprint density at radius 1 is 1.33 bits per heavy atom. The van der Waals surface area contributed by atoms with E-state index < -0.39 is 0 Å². The van der Waals surface area contributed by atoms with Gasteiger partial charge in [-0.3, -0.25) is 9.69 Å². The maximum atomic E-state index is 12.5. The summed E-state index contributed by atoms with van der Waals surface area (Å²) < 4.78 is 0. The van der Waals surface area contributed by atoms with Gasteiger partial charge in [-0.15, -0.1) is 0 Å². The largest absolute Gasteiger partial charge is 0.348 e. The lowest BCUT2D eigenvalue weighted by Crippen LogP contribution is -2.46. The van der Waals surface area contributed by atoms with E-state index in [9.17, 15) is 4.79 Å². The van der Waals surface area contributed by atoms with Gasteiger partial charge in [0.1, 0.15) is 5.82 Å². The molecule has 2 fully saturated rings. The van der Waals surface area contributed by atoms with Gasteiger partial charge < -0.3 is 10.7 Å². The Balaban J connectivity index is 1.70. The maximum Gasteiger partial charge on any atom is 0.251 e. The van der Waals surface area contributed by atoms with Crippen molar-refractivity contribution in [1.82, 2.24) is 15.2 Å². The van der Waals surface area contributed by atoms with Gasteiger partial charge >= 0.3 is 0 Å². The molecule has 6 heteroatoms. The van der Waals surface area contributed by atoms with E-state index in [1.54, 1.807) is 12.1 Å². The number of hydrazine groups is 1. The van der Waals surface area contributed by atoms with Crippen LogP contribution in [-0.2, 0) is 0 Å². The van der Waals surface area contributed by atoms with Crippen LogP contribution in [0.25, 0.3) is 0 Å². The fourth-order valence-electron chi connectivity index (χ4n) is 3.54. The number of hydrogen-bond acceptors (Lipinski definition) is 5. The van der Waals surface area contributed by atoms with Gasteiger partial charge in [0, 0.05) is 29.9 Å². The van der Waals surface area contributed by atoms with Crippen molar-refractivity contribution in [2.75, 3.05) is 18.5 Å². The average molecular weight is 289 g/mol. The first-order valence-electron chi connectivity index (χ1n) is 7.67. The molecule has 114 valence electrons. The molecule has 2 aliphatic rings. The lowest BCUT2D eigenvalue weighted by Gasteiger charge is -2.32. The highest BCUT2D eigenvalue weighted by molar-refractivity contribution is 5.95. The van der Waals surface area contributed by atoms with Crippen LogP contribution >= 0.6 is 0 Å². The first-order valence-corrected chi connectivity index (χ1v) is 7.67. The summed E-state index contributed by atoms with van der Waals surface area (Å²) in [6.07, 6.45) is 4.79. The van der Waals surface area contributed by atoms with Gasteiger partial charge in [-0.2, -0.15) is 0 Å². The monoisotopic (exact) mass is 289 g/mol. The van der Waals surface area contributed by atoms with Gasteiger partial charge in [0.25, 0.3) is 5.91 Å². The molecule has 2 unspecified atom stereocenters. The number of piperidine rings is 1. The number of hydrogen-bond donors (Lipinski definition) is 3. The zero-order valence-corrected chi connectivity index (χ0v) is 12.4. The van der Waals surface area contributed by atoms with E-state index in [0.29, 0.717) is 17.4 Å². The van der Waals surface area contributed by atoms with E-state index in [1.807, 2.05) is 6.92 Å². The van der Waals surface area contributed by atoms with Crippen LogP contribution in [0.3, 0.4) is 0 Å². The van der Waals surface area contributed by atoms with Gasteiger partial charge in [-0.05, 0) is 44.9 Å². The molecule has 6 nitrogen and oxygen atoms in total. The summed E-state index contributed by atoms with van der Waals surface area (Å²) in [6, 6.07) is 4.26. The highest BCUT2D eigenvalue weighted by atomic mass is 16.1. The van der Waals surface area contributed by atoms with Crippen LogP contribution in [-0.4, -0.2) is 41.0 Å². The van der Waals surface area contributed by atoms with E-state index in [-0.39, 0.29) is 11.9 Å². The van der Waals surface area contributed by atoms with Crippen LogP contribution in [0.15, 0.2) is 12.1 Å². The number of pyridine rings is 1. The summed E-state index contributed by atoms with van der Waals surface area (Å²) in [5.74, 6) is 5.87. The molecule has 2 atom stereocenters. The number of nitrogens with zero attached hydrogens (tertiary/aromatic N) is 2. The third kappa shape index (κ3) is 3.01. The lowest BCUT2D eigenvalue weighted by molar-refractivity contribution is 0.0915. The number of nitrogen functional groups attached to an aromatic ring is 1. The molecule has 1 aromatic rings. The van der Waals surface area contributed by atoms with Crippen LogP contribution in [0.5, 0.6) is 0 Å². The fourth-order valence-corrected chi connectivity index (χ4v) is 3.54. The number of fused-ring (bicyclic) bond motifs is 1. The van der Waals surface area contributed by atoms with E-state index in [1.165, 1.54) is 25.8 Å². The fraction of sp³-hybridized carbons (Fsp3) is 0.600. The highest BCUT2D eigenvalue weighted by Crippen LogP contribution is 2.27. The average Bonchev–Trinajstić information content (AvgIpc) is 2.90. The molecule has 0 saturated carbocycles. The van der Waals surface area contributed by atoms with Crippen molar-refractivity contribution in [3.63, 3.8) is 0 Å². The first-order chi connectivity index (χ1) is 10.2. The quantitative estimate of drug-likeness (QED) is 0.572. The Morgan fingerprint density at radius 2 is 2.19 bits per heavy atom. The van der Waals surface area contributed by atoms with Crippen molar-refractivity contribution in [2.24, 2.45) is 5.84 Å². The third-order valence-electron chi connectivity index (χ3n) is 4.54. The molecule has 1 amide bonds. The van der Waals surface area contributed by atoms with Crippen LogP contribution in [0.1, 0.15) is 41.7 Å². The molecular weight excluding hydrogens is 266 g/mol. The summed E-state index contributed by atoms with van der Waals surface area (Å²) in [6.45, 7) is 4.13. The van der Waals surface area contributed by atoms with E-state index in [4.69, 9.17) is 5.84 Å². The summed E-state index contributed by atoms with van der Waals surface area (Å²) >= 11 is 0. The normalized spacial score (nSPS) is 25.4. The summed E-state index contributed by atoms with van der Waals surface area (Å²) in [7, 11) is 0. The molecule has 1 aromatic heterocycles. The molecule has 3 heterocycles. The van der Waals surface area contributed by atoms with E-state index >= 15 is 0 Å². The molecule has 3 rings (SSSR count). The summed E-state index contributed by atoms with van der Waals surface area (Å²) in [5.41, 5.74) is 3.90. The van der Waals surface area contributed by atoms with Crippen LogP contribution in [0.2, 0.25) is 0 Å². The Labute approximate surface area is 125 Å². The molecule has 0 aromatic carbocycles. The molecular formula is C15H23N5O. The van der Waals surface area contributed by atoms with Gasteiger partial charge in [0.15, 0.2) is 0 Å². The van der Waals surface area contributed by atoms with Gasteiger partial charge in [0.05, 0.1) is 0 Å². The maximum absolute atomic E-state index is 12.5. The molecule has 0 radical (unpaired) electrons. The number of amides is 1. The Morgan fingerprint density at radius 3 is 3.00 bits per heavy atom. The number of aromatic nitrogens is 1. The molecule has 4 N–H and O–H groups in total. The lowest BCUT2D eigenvalue weighted by atomic mass is 9.99. The number of nitrogens with one attached hydrogen (secondary N) is 2. The molecule has 0 aliphatic carbocycles. The number of rotatable bonds is 3. The van der Waals surface area contributed by atoms with Crippen molar-refractivity contribution in [2.45, 2.75) is 44.7 Å². The van der Waals surface area contributed by atoms with Crippen LogP contribution in [0, 0.1) is 6.92 Å². The van der Waals surface area contributed by atoms with Gasteiger partial charge in [0.2, 0.25) is 0 Å². The minimum atomic E-state index is -0.0329. The summed E-state index contributed by atoms with van der Waals surface area (Å²) in [5, 5.41) is 3.20. The number of carbonyl (C=O) groups is 1. The number of aryl methyl sites for hydroxylation is 1. The third-order valence-corrected chi connectivity index (χ3v) is 4.54. The van der Waals surface area contributed by atoms with Crippen molar-refractivity contribution in [3.8, 4) is 0 Å². The molecule has 2 aliphatic heterocycles. The van der Waals surface area contributed by atoms with Crippen LogP contribution < -0.4 is 16.6 Å². The van der Waals surface area contributed by atoms with Crippen molar-refractivity contribution in [1.29, 1.82) is 0 Å². The second kappa shape index (κ2) is 5.99. The molecule has 2 saturated heterocycles. The molecule has 0 bridgehead atoms. The topological polar surface area (TPSA) is 83.3 Å². The van der Waals surface area contributed by atoms with Crippen molar-refractivity contribution < 1.29 is 4.79 Å². The van der Waals surface area contributed by atoms with Gasteiger partial charge in [-0.25, -0.2) is 10.8 Å². The van der Waals surface area contributed by atoms with Crippen LogP contribution in [0.4, 0.5) is 5.82 Å².